The lowest BCUT2D eigenvalue weighted by molar-refractivity contribution is 0.101. The van der Waals surface area contributed by atoms with Crippen LogP contribution >= 0.6 is 11.3 Å². The first kappa shape index (κ1) is 24.8. The number of nitrogens with zero attached hydrogens (tertiary/aromatic N) is 5. The topological polar surface area (TPSA) is 104 Å². The summed E-state index contributed by atoms with van der Waals surface area (Å²) in [6.45, 7) is 6.49. The monoisotopic (exact) mass is 517 g/mol. The van der Waals surface area contributed by atoms with Crippen molar-refractivity contribution in [3.05, 3.63) is 88.6 Å². The molecular weight excluding hydrogens is 489 g/mol. The molecule has 10 heteroatoms. The number of aromatic nitrogens is 3. The van der Waals surface area contributed by atoms with E-state index in [-0.39, 0.29) is 5.82 Å². The van der Waals surface area contributed by atoms with Gasteiger partial charge in [0.15, 0.2) is 5.84 Å². The maximum Gasteiger partial charge on any atom is 0.225 e. The van der Waals surface area contributed by atoms with Crippen LogP contribution < -0.4 is 4.90 Å². The molecule has 0 unspecified atom stereocenters. The van der Waals surface area contributed by atoms with Gasteiger partial charge >= 0.3 is 0 Å². The Bertz CT molecular complexity index is 1400. The summed E-state index contributed by atoms with van der Waals surface area (Å²) in [4.78, 5) is 23.4. The number of aryl methyl sites for hydroxylation is 1. The Morgan fingerprint density at radius 3 is 2.43 bits per heavy atom. The van der Waals surface area contributed by atoms with Gasteiger partial charge in [-0.1, -0.05) is 12.1 Å². The lowest BCUT2D eigenvalue weighted by Crippen LogP contribution is -2.49. The summed E-state index contributed by atoms with van der Waals surface area (Å²) in [5, 5.41) is 18.6. The van der Waals surface area contributed by atoms with E-state index in [0.717, 1.165) is 23.4 Å². The lowest BCUT2D eigenvalue weighted by Gasteiger charge is -2.36. The fraction of sp³-hybridized carbons (Fsp3) is 0.259. The number of aromatic amines is 1. The number of H-pyrrole nitrogens is 1. The molecule has 1 aromatic carbocycles. The number of aliphatic hydroxyl groups is 1. The highest BCUT2D eigenvalue weighted by Crippen LogP contribution is 2.30. The van der Waals surface area contributed by atoms with Crippen LogP contribution in [0, 0.1) is 18.2 Å². The fourth-order valence-corrected chi connectivity index (χ4v) is 5.29. The van der Waals surface area contributed by atoms with Gasteiger partial charge in [0.2, 0.25) is 5.95 Å². The van der Waals surface area contributed by atoms with Crippen molar-refractivity contribution < 1.29 is 9.50 Å². The number of halogens is 1. The molecule has 0 spiro atoms. The second-order valence-electron chi connectivity index (χ2n) is 9.12. The Hall–Kier alpha value is -3.89. The molecular formula is C27H28FN7OS. The molecule has 5 rings (SSSR count). The molecule has 190 valence electrons. The highest BCUT2D eigenvalue weighted by atomic mass is 32.1. The smallest absolute Gasteiger partial charge is 0.225 e. The van der Waals surface area contributed by atoms with Gasteiger partial charge in [0.05, 0.1) is 5.69 Å². The Morgan fingerprint density at radius 1 is 1.11 bits per heavy atom. The summed E-state index contributed by atoms with van der Waals surface area (Å²) in [5.41, 5.74) is 1.75. The van der Waals surface area contributed by atoms with Gasteiger partial charge in [-0.25, -0.2) is 19.4 Å². The van der Waals surface area contributed by atoms with Crippen molar-refractivity contribution in [1.82, 2.24) is 19.9 Å². The number of hydrogen-bond donors (Lipinski definition) is 3. The van der Waals surface area contributed by atoms with E-state index in [2.05, 4.69) is 54.9 Å². The number of benzene rings is 1. The number of rotatable bonds is 6. The SMILES string of the molecule is Cc1ccc(-c2c[nH]c(C(=NC=N)N3CCN(c4ncc([C@@](C)(O)c5ccc(F)cc5)cn4)CC3)c2)s1. The first-order valence-electron chi connectivity index (χ1n) is 12.0. The van der Waals surface area contributed by atoms with E-state index in [0.29, 0.717) is 43.3 Å². The average molecular weight is 518 g/mol. The maximum atomic E-state index is 13.3. The zero-order valence-corrected chi connectivity index (χ0v) is 21.5. The molecule has 0 amide bonds. The standard InChI is InChI=1S/C27H28FN7OS/c1-18-3-8-24(37-18)19-13-23(30-14-19)25(33-17-29)34-9-11-35(12-10-34)26-31-15-21(16-32-26)27(2,36)20-4-6-22(28)7-5-20/h3-8,13-17,29-30,36H,9-12H2,1-2H3/t27-/m0/s1. The second-order valence-corrected chi connectivity index (χ2v) is 10.4. The minimum Gasteiger partial charge on any atom is -0.381 e. The largest absolute Gasteiger partial charge is 0.381 e. The van der Waals surface area contributed by atoms with Crippen molar-refractivity contribution >= 4 is 29.5 Å². The first-order chi connectivity index (χ1) is 17.8. The minimum absolute atomic E-state index is 0.353. The molecule has 0 saturated carbocycles. The van der Waals surface area contributed by atoms with Crippen molar-refractivity contribution in [2.24, 2.45) is 4.99 Å². The van der Waals surface area contributed by atoms with Gasteiger partial charge < -0.3 is 19.9 Å². The van der Waals surface area contributed by atoms with Crippen LogP contribution in [-0.2, 0) is 5.60 Å². The molecule has 1 saturated heterocycles. The third-order valence-electron chi connectivity index (χ3n) is 6.60. The molecule has 1 aliphatic rings. The quantitative estimate of drug-likeness (QED) is 0.260. The van der Waals surface area contributed by atoms with E-state index in [9.17, 15) is 9.50 Å². The Balaban J connectivity index is 1.26. The van der Waals surface area contributed by atoms with Crippen LogP contribution in [0.3, 0.4) is 0 Å². The van der Waals surface area contributed by atoms with Gasteiger partial charge in [0.1, 0.15) is 17.8 Å². The lowest BCUT2D eigenvalue weighted by atomic mass is 9.90. The first-order valence-corrected chi connectivity index (χ1v) is 12.8. The van der Waals surface area contributed by atoms with E-state index in [4.69, 9.17) is 5.41 Å². The molecule has 3 N–H and O–H groups in total. The number of thiophene rings is 1. The number of aliphatic imine (C=N–C) groups is 1. The van der Waals surface area contributed by atoms with Crippen LogP contribution in [0.15, 0.2) is 66.0 Å². The van der Waals surface area contributed by atoms with E-state index < -0.39 is 5.60 Å². The van der Waals surface area contributed by atoms with E-state index in [1.54, 1.807) is 42.8 Å². The Labute approximate surface area is 218 Å². The Morgan fingerprint density at radius 2 is 1.81 bits per heavy atom. The number of nitrogens with one attached hydrogen (secondary N) is 2. The van der Waals surface area contributed by atoms with Crippen LogP contribution in [-0.4, -0.2) is 63.3 Å². The molecule has 37 heavy (non-hydrogen) atoms. The van der Waals surface area contributed by atoms with Crippen LogP contribution in [0.1, 0.15) is 28.6 Å². The maximum absolute atomic E-state index is 13.3. The van der Waals surface area contributed by atoms with Crippen molar-refractivity contribution in [3.63, 3.8) is 0 Å². The summed E-state index contributed by atoms with van der Waals surface area (Å²) in [6.07, 6.45) is 6.29. The highest BCUT2D eigenvalue weighted by molar-refractivity contribution is 7.15. The van der Waals surface area contributed by atoms with E-state index in [1.165, 1.54) is 21.9 Å². The van der Waals surface area contributed by atoms with Crippen molar-refractivity contribution in [1.29, 1.82) is 5.41 Å². The predicted octanol–water partition coefficient (Wildman–Crippen LogP) is 4.41. The van der Waals surface area contributed by atoms with E-state index in [1.807, 2.05) is 6.20 Å². The highest BCUT2D eigenvalue weighted by Gasteiger charge is 2.28. The number of amidine groups is 1. The minimum atomic E-state index is -1.33. The molecule has 0 aliphatic carbocycles. The molecule has 3 aromatic heterocycles. The third-order valence-corrected chi connectivity index (χ3v) is 7.65. The average Bonchev–Trinajstić information content (AvgIpc) is 3.57. The molecule has 0 bridgehead atoms. The number of hydrogen-bond acceptors (Lipinski definition) is 6. The van der Waals surface area contributed by atoms with Gasteiger partial charge in [-0.2, -0.15) is 0 Å². The fourth-order valence-electron chi connectivity index (χ4n) is 4.43. The van der Waals surface area contributed by atoms with Crippen molar-refractivity contribution in [2.45, 2.75) is 19.4 Å². The van der Waals surface area contributed by atoms with Gasteiger partial charge in [-0.15, -0.1) is 11.3 Å². The third kappa shape index (κ3) is 5.16. The predicted molar refractivity (Wildman–Crippen MR) is 145 cm³/mol. The molecule has 1 aliphatic heterocycles. The summed E-state index contributed by atoms with van der Waals surface area (Å²) in [7, 11) is 0. The molecule has 8 nitrogen and oxygen atoms in total. The van der Waals surface area contributed by atoms with Crippen molar-refractivity contribution in [2.75, 3.05) is 31.1 Å². The van der Waals surface area contributed by atoms with Gasteiger partial charge in [-0.05, 0) is 49.7 Å². The molecule has 1 atom stereocenters. The summed E-state index contributed by atoms with van der Waals surface area (Å²) >= 11 is 1.74. The van der Waals surface area contributed by atoms with Gasteiger partial charge in [0, 0.05) is 65.7 Å². The zero-order chi connectivity index (χ0) is 26.0. The van der Waals surface area contributed by atoms with Gasteiger partial charge in [-0.3, -0.25) is 5.41 Å². The number of piperazine rings is 1. The van der Waals surface area contributed by atoms with Crippen LogP contribution in [0.2, 0.25) is 0 Å². The second kappa shape index (κ2) is 10.2. The summed E-state index contributed by atoms with van der Waals surface area (Å²) in [6, 6.07) is 12.1. The van der Waals surface area contributed by atoms with Crippen molar-refractivity contribution in [3.8, 4) is 10.4 Å². The van der Waals surface area contributed by atoms with Crippen LogP contribution in [0.4, 0.5) is 10.3 Å². The van der Waals surface area contributed by atoms with Crippen LogP contribution in [0.5, 0.6) is 0 Å². The summed E-state index contributed by atoms with van der Waals surface area (Å²) in [5.74, 6) is 0.966. The molecule has 1 fully saturated rings. The molecule has 4 heterocycles. The normalized spacial score (nSPS) is 16.1. The number of anilines is 1. The van der Waals surface area contributed by atoms with Gasteiger partial charge in [0.25, 0.3) is 0 Å². The Kier molecular flexibility index (Phi) is 6.86. The van der Waals surface area contributed by atoms with Crippen LogP contribution in [0.25, 0.3) is 10.4 Å². The van der Waals surface area contributed by atoms with E-state index >= 15 is 0 Å². The zero-order valence-electron chi connectivity index (χ0n) is 20.6. The molecule has 0 radical (unpaired) electrons. The molecule has 4 aromatic rings. The summed E-state index contributed by atoms with van der Waals surface area (Å²) < 4.78 is 13.3.